The molecule has 0 aromatic rings. The van der Waals surface area contributed by atoms with Crippen LogP contribution in [0.4, 0.5) is 0 Å². The van der Waals surface area contributed by atoms with Gasteiger partial charge in [0.1, 0.15) is 0 Å². The number of hydrogen-bond donors (Lipinski definition) is 2. The van der Waals surface area contributed by atoms with E-state index in [1.54, 1.807) is 0 Å². The fourth-order valence-corrected chi connectivity index (χ4v) is 1.42. The van der Waals surface area contributed by atoms with Crippen LogP contribution < -0.4 is 0 Å². The van der Waals surface area contributed by atoms with Crippen LogP contribution in [0.25, 0.3) is 0 Å². The Morgan fingerprint density at radius 1 is 1.56 bits per heavy atom. The molecule has 0 amide bonds. The number of aliphatic hydroxyl groups excluding tert-OH is 1. The first-order valence-electron chi connectivity index (χ1n) is 2.86. The quantitative estimate of drug-likeness (QED) is 0.453. The number of rotatable bonds is 1. The molecule has 1 rings (SSSR count). The molecule has 0 aliphatic heterocycles. The fraction of sp³-hybridized carbons (Fsp3) is 0.500. The highest BCUT2D eigenvalue weighted by Gasteiger charge is 2.14. The monoisotopic (exact) mass is 160 g/mol. The third-order valence-corrected chi connectivity index (χ3v) is 1.96. The first-order valence-corrected chi connectivity index (χ1v) is 3.71. The van der Waals surface area contributed by atoms with Crippen molar-refractivity contribution in [1.29, 1.82) is 0 Å². The van der Waals surface area contributed by atoms with E-state index in [4.69, 9.17) is 17.3 Å². The number of thiol groups is 1. The number of aliphatic hydroxyl groups is 1. The molecule has 0 aromatic heterocycles. The van der Waals surface area contributed by atoms with Gasteiger partial charge in [-0.25, -0.2) is 0 Å². The molecule has 1 N–H and O–H groups in total. The Labute approximate surface area is 65.2 Å². The van der Waals surface area contributed by atoms with Crippen molar-refractivity contribution < 1.29 is 5.11 Å². The minimum Gasteiger partial charge on any atom is -0.512 e. The molecule has 0 aromatic carbocycles. The standard InChI is InChI=1S/C6H8OS2/c7-5-3-1-2-4(5)6(8)9/h7H,1-3H2,(H,8,9). The zero-order chi connectivity index (χ0) is 6.85. The molecule has 3 heteroatoms. The summed E-state index contributed by atoms with van der Waals surface area (Å²) in [4.78, 5) is 0. The molecule has 9 heavy (non-hydrogen) atoms. The van der Waals surface area contributed by atoms with E-state index in [1.807, 2.05) is 0 Å². The van der Waals surface area contributed by atoms with E-state index in [2.05, 4.69) is 12.6 Å². The number of hydrogen-bond acceptors (Lipinski definition) is 2. The van der Waals surface area contributed by atoms with Crippen molar-refractivity contribution in [2.24, 2.45) is 0 Å². The third-order valence-electron chi connectivity index (χ3n) is 1.45. The van der Waals surface area contributed by atoms with Crippen LogP contribution >= 0.6 is 24.8 Å². The SMILES string of the molecule is OC1=C(C(=S)S)CCC1. The van der Waals surface area contributed by atoms with Gasteiger partial charge >= 0.3 is 0 Å². The minimum atomic E-state index is 0.440. The van der Waals surface area contributed by atoms with Crippen LogP contribution in [0, 0.1) is 0 Å². The maximum absolute atomic E-state index is 9.10. The lowest BCUT2D eigenvalue weighted by atomic mass is 10.3. The molecule has 1 aliphatic rings. The summed E-state index contributed by atoms with van der Waals surface area (Å²) in [7, 11) is 0. The van der Waals surface area contributed by atoms with E-state index in [0.717, 1.165) is 24.8 Å². The van der Waals surface area contributed by atoms with Gasteiger partial charge in [0, 0.05) is 12.0 Å². The first kappa shape index (κ1) is 7.09. The summed E-state index contributed by atoms with van der Waals surface area (Å²) in [6.45, 7) is 0. The second kappa shape index (κ2) is 2.71. The first-order chi connectivity index (χ1) is 4.22. The lowest BCUT2D eigenvalue weighted by Crippen LogP contribution is -1.88. The Balaban J connectivity index is 2.78. The van der Waals surface area contributed by atoms with Crippen molar-refractivity contribution in [3.05, 3.63) is 11.3 Å². The Morgan fingerprint density at radius 3 is 2.44 bits per heavy atom. The summed E-state index contributed by atoms with van der Waals surface area (Å²) < 4.78 is 0.546. The van der Waals surface area contributed by atoms with E-state index in [-0.39, 0.29) is 0 Å². The van der Waals surface area contributed by atoms with Crippen molar-refractivity contribution in [3.8, 4) is 0 Å². The molecule has 0 radical (unpaired) electrons. The molecule has 0 spiro atoms. The molecule has 0 unspecified atom stereocenters. The third kappa shape index (κ3) is 1.46. The zero-order valence-electron chi connectivity index (χ0n) is 4.92. The van der Waals surface area contributed by atoms with Crippen molar-refractivity contribution in [3.63, 3.8) is 0 Å². The Hall–Kier alpha value is -0.0200. The van der Waals surface area contributed by atoms with E-state index < -0.39 is 0 Å². The summed E-state index contributed by atoms with van der Waals surface area (Å²) in [6, 6.07) is 0. The van der Waals surface area contributed by atoms with Crippen LogP contribution in [0.1, 0.15) is 19.3 Å². The molecule has 0 heterocycles. The second-order valence-electron chi connectivity index (χ2n) is 2.08. The van der Waals surface area contributed by atoms with Crippen molar-refractivity contribution >= 4 is 29.0 Å². The smallest absolute Gasteiger partial charge is 0.0974 e. The zero-order valence-corrected chi connectivity index (χ0v) is 6.63. The molecule has 0 bridgehead atoms. The fourth-order valence-electron chi connectivity index (χ4n) is 0.958. The molecule has 50 valence electrons. The van der Waals surface area contributed by atoms with Gasteiger partial charge in [-0.05, 0) is 12.8 Å². The Bertz CT molecular complexity index is 172. The van der Waals surface area contributed by atoms with E-state index >= 15 is 0 Å². The maximum Gasteiger partial charge on any atom is 0.0974 e. The van der Waals surface area contributed by atoms with Crippen molar-refractivity contribution in [2.75, 3.05) is 0 Å². The van der Waals surface area contributed by atoms with E-state index in [1.165, 1.54) is 0 Å². The molecule has 0 saturated carbocycles. The molecule has 0 saturated heterocycles. The summed E-state index contributed by atoms with van der Waals surface area (Å²) in [5.74, 6) is 0.440. The normalized spacial score (nSPS) is 18.8. The number of thiocarbonyl (C=S) groups is 1. The van der Waals surface area contributed by atoms with Gasteiger partial charge in [0.25, 0.3) is 0 Å². The van der Waals surface area contributed by atoms with Gasteiger partial charge in [-0.15, -0.1) is 12.6 Å². The summed E-state index contributed by atoms with van der Waals surface area (Å²) in [6.07, 6.45) is 2.69. The minimum absolute atomic E-state index is 0.440. The van der Waals surface area contributed by atoms with Gasteiger partial charge in [-0.3, -0.25) is 0 Å². The highest BCUT2D eigenvalue weighted by molar-refractivity contribution is 8.11. The molecule has 0 atom stereocenters. The summed E-state index contributed by atoms with van der Waals surface area (Å²) in [5, 5.41) is 9.10. The Morgan fingerprint density at radius 2 is 2.22 bits per heavy atom. The second-order valence-corrected chi connectivity index (χ2v) is 3.24. The molecular formula is C6H8OS2. The van der Waals surface area contributed by atoms with Gasteiger partial charge in [-0.2, -0.15) is 0 Å². The average Bonchev–Trinajstić information content (AvgIpc) is 2.13. The van der Waals surface area contributed by atoms with Gasteiger partial charge in [0.05, 0.1) is 9.96 Å². The topological polar surface area (TPSA) is 20.2 Å². The Kier molecular flexibility index (Phi) is 2.13. The van der Waals surface area contributed by atoms with Gasteiger partial charge in [0.2, 0.25) is 0 Å². The van der Waals surface area contributed by atoms with E-state index in [9.17, 15) is 0 Å². The van der Waals surface area contributed by atoms with Crippen molar-refractivity contribution in [1.82, 2.24) is 0 Å². The van der Waals surface area contributed by atoms with Gasteiger partial charge < -0.3 is 5.11 Å². The molecule has 1 aliphatic carbocycles. The van der Waals surface area contributed by atoms with Crippen LogP contribution in [-0.2, 0) is 0 Å². The van der Waals surface area contributed by atoms with Crippen LogP contribution in [0.5, 0.6) is 0 Å². The van der Waals surface area contributed by atoms with Crippen LogP contribution in [-0.4, -0.2) is 9.30 Å². The highest BCUT2D eigenvalue weighted by atomic mass is 32.1. The molecule has 1 nitrogen and oxygen atoms in total. The molecule has 0 fully saturated rings. The van der Waals surface area contributed by atoms with Crippen LogP contribution in [0.2, 0.25) is 0 Å². The lowest BCUT2D eigenvalue weighted by Gasteiger charge is -1.95. The predicted octanol–water partition coefficient (Wildman–Crippen LogP) is 2.24. The lowest BCUT2D eigenvalue weighted by molar-refractivity contribution is 0.395. The average molecular weight is 160 g/mol. The largest absolute Gasteiger partial charge is 0.512 e. The highest BCUT2D eigenvalue weighted by Crippen LogP contribution is 2.25. The summed E-state index contributed by atoms with van der Waals surface area (Å²) in [5.41, 5.74) is 0.869. The van der Waals surface area contributed by atoms with Gasteiger partial charge in [-0.1, -0.05) is 12.2 Å². The molecular weight excluding hydrogens is 152 g/mol. The summed E-state index contributed by atoms with van der Waals surface area (Å²) >= 11 is 8.74. The van der Waals surface area contributed by atoms with Crippen molar-refractivity contribution in [2.45, 2.75) is 19.3 Å². The van der Waals surface area contributed by atoms with Crippen LogP contribution in [0.3, 0.4) is 0 Å². The number of allylic oxidation sites excluding steroid dienone is 1. The van der Waals surface area contributed by atoms with Gasteiger partial charge in [0.15, 0.2) is 0 Å². The van der Waals surface area contributed by atoms with E-state index in [0.29, 0.717) is 9.96 Å². The van der Waals surface area contributed by atoms with Crippen LogP contribution in [0.15, 0.2) is 11.3 Å². The maximum atomic E-state index is 9.10. The predicted molar refractivity (Wildman–Crippen MR) is 45.1 cm³/mol.